The van der Waals surface area contributed by atoms with Gasteiger partial charge in [0.1, 0.15) is 0 Å². The Hall–Kier alpha value is -0.0800. The van der Waals surface area contributed by atoms with Crippen LogP contribution in [-0.2, 0) is 0 Å². The van der Waals surface area contributed by atoms with Crippen molar-refractivity contribution in [3.05, 3.63) is 0 Å². The van der Waals surface area contributed by atoms with Crippen molar-refractivity contribution >= 4 is 0 Å². The molecule has 0 aromatic rings. The second-order valence-electron chi connectivity index (χ2n) is 8.58. The fourth-order valence-corrected chi connectivity index (χ4v) is 4.60. The van der Waals surface area contributed by atoms with Gasteiger partial charge in [-0.15, -0.1) is 0 Å². The zero-order valence-corrected chi connectivity index (χ0v) is 14.3. The van der Waals surface area contributed by atoms with E-state index in [0.717, 1.165) is 18.5 Å². The average Bonchev–Trinajstić information content (AvgIpc) is 2.98. The van der Waals surface area contributed by atoms with E-state index in [1.54, 1.807) is 0 Å². The molecule has 118 valence electrons. The molecule has 2 aliphatic carbocycles. The summed E-state index contributed by atoms with van der Waals surface area (Å²) in [6.07, 6.45) is 10.9. The fourth-order valence-electron chi connectivity index (χ4n) is 4.60. The van der Waals surface area contributed by atoms with Crippen LogP contribution in [-0.4, -0.2) is 29.6 Å². The molecule has 0 heterocycles. The van der Waals surface area contributed by atoms with E-state index in [-0.39, 0.29) is 0 Å². The van der Waals surface area contributed by atoms with Crippen LogP contribution < -0.4 is 5.73 Å². The molecule has 1 atom stereocenters. The van der Waals surface area contributed by atoms with Gasteiger partial charge >= 0.3 is 0 Å². The summed E-state index contributed by atoms with van der Waals surface area (Å²) in [6.45, 7) is 11.7. The van der Waals surface area contributed by atoms with Crippen LogP contribution in [0.25, 0.3) is 0 Å². The lowest BCUT2D eigenvalue weighted by molar-refractivity contribution is 0.0414. The van der Waals surface area contributed by atoms with Crippen LogP contribution in [0, 0.1) is 11.3 Å². The molecule has 2 N–H and O–H groups in total. The summed E-state index contributed by atoms with van der Waals surface area (Å²) in [5.74, 6) is 0.795. The summed E-state index contributed by atoms with van der Waals surface area (Å²) in [7, 11) is 0. The first-order valence-corrected chi connectivity index (χ1v) is 8.85. The second kappa shape index (κ2) is 6.36. The van der Waals surface area contributed by atoms with Crippen molar-refractivity contribution in [3.8, 4) is 0 Å². The summed E-state index contributed by atoms with van der Waals surface area (Å²) < 4.78 is 0. The van der Waals surface area contributed by atoms with Crippen LogP contribution in [0.15, 0.2) is 0 Å². The molecule has 2 aliphatic rings. The Bertz CT molecular complexity index is 305. The van der Waals surface area contributed by atoms with E-state index in [4.69, 9.17) is 5.73 Å². The zero-order chi connectivity index (χ0) is 14.8. The largest absolute Gasteiger partial charge is 0.329 e. The standard InChI is InChI=1S/C18H36N2/c1-15(2)9-12-20(16-7-5-6-8-16)18(14-19)11-10-17(3,4)13-18/h15-16H,5-14,19H2,1-4H3. The third kappa shape index (κ3) is 3.57. The number of nitrogens with zero attached hydrogens (tertiary/aromatic N) is 1. The second-order valence-corrected chi connectivity index (χ2v) is 8.58. The molecule has 0 amide bonds. The molecular formula is C18H36N2. The van der Waals surface area contributed by atoms with Crippen molar-refractivity contribution in [2.45, 2.75) is 90.6 Å². The van der Waals surface area contributed by atoms with Gasteiger partial charge < -0.3 is 5.73 Å². The predicted molar refractivity (Wildman–Crippen MR) is 87.8 cm³/mol. The van der Waals surface area contributed by atoms with Crippen molar-refractivity contribution in [2.24, 2.45) is 17.1 Å². The first-order chi connectivity index (χ1) is 9.38. The average molecular weight is 280 g/mol. The molecule has 1 unspecified atom stereocenters. The molecule has 2 heteroatoms. The third-order valence-electron chi connectivity index (χ3n) is 5.78. The van der Waals surface area contributed by atoms with Crippen molar-refractivity contribution in [1.82, 2.24) is 4.90 Å². The Labute approximate surface area is 126 Å². The van der Waals surface area contributed by atoms with Crippen LogP contribution in [0.3, 0.4) is 0 Å². The highest BCUT2D eigenvalue weighted by Gasteiger charge is 2.48. The lowest BCUT2D eigenvalue weighted by Crippen LogP contribution is -2.56. The Kier molecular flexibility index (Phi) is 5.18. The topological polar surface area (TPSA) is 29.3 Å². The molecule has 0 spiro atoms. The SMILES string of the molecule is CC(C)CCN(C1CCCC1)C1(CN)CCC(C)(C)C1. The third-order valence-corrected chi connectivity index (χ3v) is 5.78. The Balaban J connectivity index is 2.14. The lowest BCUT2D eigenvalue weighted by atomic mass is 9.85. The maximum absolute atomic E-state index is 6.32. The van der Waals surface area contributed by atoms with E-state index in [1.165, 1.54) is 57.9 Å². The summed E-state index contributed by atoms with van der Waals surface area (Å²) in [4.78, 5) is 2.87. The number of nitrogens with two attached hydrogens (primary N) is 1. The minimum Gasteiger partial charge on any atom is -0.329 e. The van der Waals surface area contributed by atoms with Crippen molar-refractivity contribution in [3.63, 3.8) is 0 Å². The smallest absolute Gasteiger partial charge is 0.0339 e. The molecule has 0 bridgehead atoms. The van der Waals surface area contributed by atoms with E-state index in [9.17, 15) is 0 Å². The van der Waals surface area contributed by atoms with E-state index in [2.05, 4.69) is 32.6 Å². The highest BCUT2D eigenvalue weighted by Crippen LogP contribution is 2.48. The molecule has 2 fully saturated rings. The van der Waals surface area contributed by atoms with Crippen LogP contribution in [0.2, 0.25) is 0 Å². The summed E-state index contributed by atoms with van der Waals surface area (Å²) in [5, 5.41) is 0. The zero-order valence-electron chi connectivity index (χ0n) is 14.3. The molecular weight excluding hydrogens is 244 g/mol. The number of hydrogen-bond donors (Lipinski definition) is 1. The number of rotatable bonds is 6. The van der Waals surface area contributed by atoms with Gasteiger partial charge in [-0.3, -0.25) is 4.90 Å². The first-order valence-electron chi connectivity index (χ1n) is 8.85. The first kappa shape index (κ1) is 16.3. The van der Waals surface area contributed by atoms with E-state index < -0.39 is 0 Å². The summed E-state index contributed by atoms with van der Waals surface area (Å²) in [5.41, 5.74) is 7.10. The molecule has 20 heavy (non-hydrogen) atoms. The van der Waals surface area contributed by atoms with Gasteiger partial charge in [0.2, 0.25) is 0 Å². The van der Waals surface area contributed by atoms with E-state index in [0.29, 0.717) is 11.0 Å². The van der Waals surface area contributed by atoms with Gasteiger partial charge in [-0.1, -0.05) is 40.5 Å². The molecule has 0 aromatic carbocycles. The van der Waals surface area contributed by atoms with E-state index >= 15 is 0 Å². The van der Waals surface area contributed by atoms with Crippen molar-refractivity contribution < 1.29 is 0 Å². The van der Waals surface area contributed by atoms with Gasteiger partial charge in [0.15, 0.2) is 0 Å². The minimum absolute atomic E-state index is 0.299. The van der Waals surface area contributed by atoms with Crippen LogP contribution >= 0.6 is 0 Å². The van der Waals surface area contributed by atoms with Gasteiger partial charge in [-0.25, -0.2) is 0 Å². The molecule has 0 saturated heterocycles. The Morgan fingerprint density at radius 3 is 2.25 bits per heavy atom. The fraction of sp³-hybridized carbons (Fsp3) is 1.00. The monoisotopic (exact) mass is 280 g/mol. The highest BCUT2D eigenvalue weighted by molar-refractivity contribution is 5.04. The molecule has 2 saturated carbocycles. The van der Waals surface area contributed by atoms with Crippen LogP contribution in [0.4, 0.5) is 0 Å². The van der Waals surface area contributed by atoms with E-state index in [1.807, 2.05) is 0 Å². The lowest BCUT2D eigenvalue weighted by Gasteiger charge is -2.46. The summed E-state index contributed by atoms with van der Waals surface area (Å²) >= 11 is 0. The maximum atomic E-state index is 6.32. The van der Waals surface area contributed by atoms with Crippen LogP contribution in [0.5, 0.6) is 0 Å². The van der Waals surface area contributed by atoms with Gasteiger partial charge in [-0.2, -0.15) is 0 Å². The molecule has 2 nitrogen and oxygen atoms in total. The molecule has 0 radical (unpaired) electrons. The van der Waals surface area contributed by atoms with Gasteiger partial charge in [0, 0.05) is 18.1 Å². The Morgan fingerprint density at radius 1 is 1.15 bits per heavy atom. The van der Waals surface area contributed by atoms with Crippen molar-refractivity contribution in [2.75, 3.05) is 13.1 Å². The predicted octanol–water partition coefficient (Wildman–Crippen LogP) is 4.18. The van der Waals surface area contributed by atoms with Gasteiger partial charge in [0.05, 0.1) is 0 Å². The molecule has 0 aromatic heterocycles. The van der Waals surface area contributed by atoms with Gasteiger partial charge in [-0.05, 0) is 56.4 Å². The quantitative estimate of drug-likeness (QED) is 0.790. The van der Waals surface area contributed by atoms with Crippen LogP contribution in [0.1, 0.15) is 79.1 Å². The Morgan fingerprint density at radius 2 is 1.80 bits per heavy atom. The van der Waals surface area contributed by atoms with Crippen molar-refractivity contribution in [1.29, 1.82) is 0 Å². The number of hydrogen-bond acceptors (Lipinski definition) is 2. The normalized spacial score (nSPS) is 30.8. The van der Waals surface area contributed by atoms with Gasteiger partial charge in [0.25, 0.3) is 0 Å². The molecule has 2 rings (SSSR count). The minimum atomic E-state index is 0.299. The maximum Gasteiger partial charge on any atom is 0.0339 e. The summed E-state index contributed by atoms with van der Waals surface area (Å²) in [6, 6.07) is 0.811. The highest BCUT2D eigenvalue weighted by atomic mass is 15.2. The molecule has 0 aliphatic heterocycles.